The molecule has 29 heavy (non-hydrogen) atoms. The van der Waals surface area contributed by atoms with Crippen LogP contribution >= 0.6 is 0 Å². The highest BCUT2D eigenvalue weighted by Crippen LogP contribution is 2.26. The summed E-state index contributed by atoms with van der Waals surface area (Å²) in [7, 11) is 1.56. The topological polar surface area (TPSA) is 81.9 Å². The second-order valence-electron chi connectivity index (χ2n) is 6.60. The Morgan fingerprint density at radius 3 is 2.76 bits per heavy atom. The molecule has 0 bridgehead atoms. The number of nitrogens with zero attached hydrogens (tertiary/aromatic N) is 4. The SMILES string of the molecule is CNC(=O)Cc1nccc2nn(C(C)c3cc(C)c(OCC(F)(F)F)cn3)cc12. The average molecular weight is 407 g/mol. The number of likely N-dealkylation sites (N-methyl/N-ethyl adjacent to an activating group) is 1. The Kier molecular flexibility index (Phi) is 5.71. The molecule has 1 atom stereocenters. The number of fused-ring (bicyclic) bond motifs is 1. The van der Waals surface area contributed by atoms with E-state index in [4.69, 9.17) is 4.74 Å². The molecule has 0 radical (unpaired) electrons. The van der Waals surface area contributed by atoms with E-state index in [2.05, 4.69) is 20.4 Å². The van der Waals surface area contributed by atoms with Gasteiger partial charge in [-0.1, -0.05) is 0 Å². The maximum Gasteiger partial charge on any atom is 0.422 e. The molecule has 3 aromatic rings. The Morgan fingerprint density at radius 2 is 2.10 bits per heavy atom. The van der Waals surface area contributed by atoms with Gasteiger partial charge in [0, 0.05) is 24.8 Å². The third kappa shape index (κ3) is 4.82. The summed E-state index contributed by atoms with van der Waals surface area (Å²) in [4.78, 5) is 20.2. The maximum atomic E-state index is 12.4. The zero-order chi connectivity index (χ0) is 21.2. The zero-order valence-corrected chi connectivity index (χ0v) is 16.1. The molecule has 0 aliphatic heterocycles. The van der Waals surface area contributed by atoms with Crippen molar-refractivity contribution in [3.05, 3.63) is 47.7 Å². The van der Waals surface area contributed by atoms with Crippen molar-refractivity contribution >= 4 is 16.8 Å². The molecule has 0 aromatic carbocycles. The van der Waals surface area contributed by atoms with Crippen molar-refractivity contribution < 1.29 is 22.7 Å². The van der Waals surface area contributed by atoms with Crippen molar-refractivity contribution in [2.75, 3.05) is 13.7 Å². The van der Waals surface area contributed by atoms with E-state index in [0.29, 0.717) is 22.5 Å². The van der Waals surface area contributed by atoms with Crippen molar-refractivity contribution in [3.63, 3.8) is 0 Å². The highest BCUT2D eigenvalue weighted by molar-refractivity contribution is 5.86. The maximum absolute atomic E-state index is 12.4. The number of hydrogen-bond donors (Lipinski definition) is 1. The predicted octanol–water partition coefficient (Wildman–Crippen LogP) is 2.97. The molecule has 0 saturated carbocycles. The van der Waals surface area contributed by atoms with Gasteiger partial charge in [-0.15, -0.1) is 0 Å². The van der Waals surface area contributed by atoms with Gasteiger partial charge in [-0.05, 0) is 31.5 Å². The first kappa shape index (κ1) is 20.6. The second kappa shape index (κ2) is 8.06. The van der Waals surface area contributed by atoms with E-state index in [9.17, 15) is 18.0 Å². The third-order valence-corrected chi connectivity index (χ3v) is 4.44. The van der Waals surface area contributed by atoms with Gasteiger partial charge in [0.2, 0.25) is 5.91 Å². The van der Waals surface area contributed by atoms with Crippen LogP contribution in [0.1, 0.15) is 29.9 Å². The van der Waals surface area contributed by atoms with Crippen LogP contribution < -0.4 is 10.1 Å². The number of rotatable bonds is 6. The van der Waals surface area contributed by atoms with Crippen molar-refractivity contribution in [3.8, 4) is 5.75 Å². The van der Waals surface area contributed by atoms with Crippen LogP contribution in [0.5, 0.6) is 5.75 Å². The van der Waals surface area contributed by atoms with E-state index >= 15 is 0 Å². The number of alkyl halides is 3. The Labute approximate surface area is 164 Å². The number of carbonyl (C=O) groups is 1. The molecule has 10 heteroatoms. The summed E-state index contributed by atoms with van der Waals surface area (Å²) >= 11 is 0. The van der Waals surface area contributed by atoms with Crippen molar-refractivity contribution in [1.82, 2.24) is 25.1 Å². The summed E-state index contributed by atoms with van der Waals surface area (Å²) in [5, 5.41) is 7.85. The number of nitrogens with one attached hydrogen (secondary N) is 1. The molecule has 1 unspecified atom stereocenters. The summed E-state index contributed by atoms with van der Waals surface area (Å²) in [6, 6.07) is 3.14. The first-order valence-electron chi connectivity index (χ1n) is 8.87. The number of hydrogen-bond acceptors (Lipinski definition) is 5. The lowest BCUT2D eigenvalue weighted by molar-refractivity contribution is -0.153. The number of amides is 1. The lowest BCUT2D eigenvalue weighted by atomic mass is 10.1. The van der Waals surface area contributed by atoms with Crippen molar-refractivity contribution in [2.24, 2.45) is 0 Å². The standard InChI is InChI=1S/C19H20F3N5O2/c1-11-6-15(25-8-17(11)29-10-19(20,21)22)12(2)27-9-13-14(26-27)4-5-24-16(13)7-18(28)23-3/h4-6,8-9,12H,7,10H2,1-3H3,(H,23,28). The smallest absolute Gasteiger partial charge is 0.422 e. The largest absolute Gasteiger partial charge is 0.482 e. The first-order valence-corrected chi connectivity index (χ1v) is 8.87. The second-order valence-corrected chi connectivity index (χ2v) is 6.60. The highest BCUT2D eigenvalue weighted by atomic mass is 19.4. The minimum absolute atomic E-state index is 0.0842. The average Bonchev–Trinajstić information content (AvgIpc) is 3.11. The van der Waals surface area contributed by atoms with Crippen molar-refractivity contribution in [1.29, 1.82) is 0 Å². The molecule has 0 fully saturated rings. The summed E-state index contributed by atoms with van der Waals surface area (Å²) in [6.45, 7) is 2.17. The van der Waals surface area contributed by atoms with Gasteiger partial charge in [0.1, 0.15) is 5.75 Å². The number of carbonyl (C=O) groups excluding carboxylic acids is 1. The lowest BCUT2D eigenvalue weighted by Gasteiger charge is -2.15. The number of ether oxygens (including phenoxy) is 1. The quantitative estimate of drug-likeness (QED) is 0.679. The van der Waals surface area contributed by atoms with Crippen LogP contribution in [-0.4, -0.2) is 45.5 Å². The molecule has 0 saturated heterocycles. The van der Waals surface area contributed by atoms with E-state index in [1.807, 2.05) is 6.92 Å². The Bertz CT molecular complexity index is 1030. The Morgan fingerprint density at radius 1 is 1.34 bits per heavy atom. The highest BCUT2D eigenvalue weighted by Gasteiger charge is 2.28. The van der Waals surface area contributed by atoms with E-state index in [0.717, 1.165) is 5.39 Å². The molecule has 0 aliphatic carbocycles. The monoisotopic (exact) mass is 407 g/mol. The molecule has 0 aliphatic rings. The molecule has 0 spiro atoms. The Balaban J connectivity index is 1.85. The minimum Gasteiger partial charge on any atom is -0.482 e. The van der Waals surface area contributed by atoms with Crippen LogP contribution in [0.15, 0.2) is 30.7 Å². The van der Waals surface area contributed by atoms with Crippen molar-refractivity contribution in [2.45, 2.75) is 32.5 Å². The van der Waals surface area contributed by atoms with Crippen LogP contribution in [-0.2, 0) is 11.2 Å². The summed E-state index contributed by atoms with van der Waals surface area (Å²) < 4.78 is 43.5. The van der Waals surface area contributed by atoms with Crippen LogP contribution in [0.4, 0.5) is 13.2 Å². The summed E-state index contributed by atoms with van der Waals surface area (Å²) in [6.07, 6.45) is 0.396. The molecule has 3 rings (SSSR count). The van der Waals surface area contributed by atoms with E-state index in [1.54, 1.807) is 43.2 Å². The minimum atomic E-state index is -4.41. The van der Waals surface area contributed by atoms with Crippen LogP contribution in [0.3, 0.4) is 0 Å². The fourth-order valence-electron chi connectivity index (χ4n) is 2.84. The fourth-order valence-corrected chi connectivity index (χ4v) is 2.84. The van der Waals surface area contributed by atoms with Gasteiger partial charge in [-0.25, -0.2) is 0 Å². The van der Waals surface area contributed by atoms with Gasteiger partial charge < -0.3 is 10.1 Å². The van der Waals surface area contributed by atoms with Gasteiger partial charge >= 0.3 is 6.18 Å². The van der Waals surface area contributed by atoms with Crippen LogP contribution in [0.25, 0.3) is 10.9 Å². The number of pyridine rings is 2. The predicted molar refractivity (Wildman–Crippen MR) is 99.6 cm³/mol. The van der Waals surface area contributed by atoms with Gasteiger partial charge in [-0.2, -0.15) is 18.3 Å². The normalized spacial score (nSPS) is 12.8. The van der Waals surface area contributed by atoms with Gasteiger partial charge in [0.15, 0.2) is 6.61 Å². The van der Waals surface area contributed by atoms with Gasteiger partial charge in [-0.3, -0.25) is 19.4 Å². The molecule has 154 valence electrons. The van der Waals surface area contributed by atoms with E-state index in [1.165, 1.54) is 6.20 Å². The zero-order valence-electron chi connectivity index (χ0n) is 16.1. The summed E-state index contributed by atoms with van der Waals surface area (Å²) in [5.74, 6) is -0.0708. The third-order valence-electron chi connectivity index (χ3n) is 4.44. The molecule has 1 N–H and O–H groups in total. The Hall–Kier alpha value is -3.17. The molecule has 3 heterocycles. The number of halogens is 3. The number of aromatic nitrogens is 4. The van der Waals surface area contributed by atoms with E-state index in [-0.39, 0.29) is 24.1 Å². The molecular weight excluding hydrogens is 387 g/mol. The van der Waals surface area contributed by atoms with E-state index < -0.39 is 12.8 Å². The molecular formula is C19H20F3N5O2. The van der Waals surface area contributed by atoms with Gasteiger partial charge in [0.25, 0.3) is 0 Å². The van der Waals surface area contributed by atoms with Crippen LogP contribution in [0, 0.1) is 6.92 Å². The first-order chi connectivity index (χ1) is 13.7. The lowest BCUT2D eigenvalue weighted by Crippen LogP contribution is -2.20. The molecule has 3 aromatic heterocycles. The fraction of sp³-hybridized carbons (Fsp3) is 0.368. The molecule has 1 amide bonds. The molecule has 7 nitrogen and oxygen atoms in total. The van der Waals surface area contributed by atoms with Crippen LogP contribution in [0.2, 0.25) is 0 Å². The van der Waals surface area contributed by atoms with Gasteiger partial charge in [0.05, 0.1) is 35.6 Å². The summed E-state index contributed by atoms with van der Waals surface area (Å²) in [5.41, 5.74) is 2.47. The number of aryl methyl sites for hydroxylation is 1.